The lowest BCUT2D eigenvalue weighted by Crippen LogP contribution is -2.36. The van der Waals surface area contributed by atoms with Gasteiger partial charge >= 0.3 is 5.97 Å². The fraction of sp³-hybridized carbons (Fsp3) is 0.667. The smallest absolute Gasteiger partial charge is 0.341 e. The predicted molar refractivity (Wildman–Crippen MR) is 99.5 cm³/mol. The van der Waals surface area contributed by atoms with Gasteiger partial charge in [-0.2, -0.15) is 0 Å². The molecule has 2 aliphatic rings. The SMILES string of the molecule is CCOC(=O)c1c(NC(=O)CN2CCCCC2)sc2c1CCCC2.O. The molecule has 0 atom stereocenters. The van der Waals surface area contributed by atoms with Crippen LogP contribution in [0.15, 0.2) is 0 Å². The van der Waals surface area contributed by atoms with Crippen LogP contribution < -0.4 is 5.32 Å². The van der Waals surface area contributed by atoms with E-state index in [0.29, 0.717) is 23.7 Å². The molecule has 0 bridgehead atoms. The normalized spacial score (nSPS) is 17.3. The van der Waals surface area contributed by atoms with Crippen LogP contribution in [0.5, 0.6) is 0 Å². The van der Waals surface area contributed by atoms with Crippen molar-refractivity contribution >= 4 is 28.2 Å². The molecule has 3 rings (SSSR count). The third-order valence-corrected chi connectivity index (χ3v) is 5.93. The molecule has 7 heteroatoms. The van der Waals surface area contributed by atoms with Gasteiger partial charge in [0.1, 0.15) is 5.00 Å². The highest BCUT2D eigenvalue weighted by Gasteiger charge is 2.27. The minimum Gasteiger partial charge on any atom is -0.462 e. The van der Waals surface area contributed by atoms with Crippen molar-refractivity contribution in [3.8, 4) is 0 Å². The molecule has 6 nitrogen and oxygen atoms in total. The zero-order chi connectivity index (χ0) is 16.9. The standard InChI is InChI=1S/C18H26N2O3S.H2O/c1-2-23-18(22)16-13-8-4-5-9-14(13)24-17(16)19-15(21)12-20-10-6-3-7-11-20;/h2-12H2,1H3,(H,19,21);1H2. The van der Waals surface area contributed by atoms with E-state index in [0.717, 1.165) is 57.2 Å². The van der Waals surface area contributed by atoms with Crippen molar-refractivity contribution in [1.82, 2.24) is 4.90 Å². The van der Waals surface area contributed by atoms with Crippen LogP contribution in [-0.4, -0.2) is 48.5 Å². The molecule has 2 heterocycles. The number of carbonyl (C=O) groups excluding carboxylic acids is 2. The third-order valence-electron chi connectivity index (χ3n) is 4.72. The first-order valence-corrected chi connectivity index (χ1v) is 9.84. The Balaban J connectivity index is 0.00000225. The number of likely N-dealkylation sites (tertiary alicyclic amines) is 1. The van der Waals surface area contributed by atoms with E-state index in [1.54, 1.807) is 11.3 Å². The van der Waals surface area contributed by atoms with Crippen molar-refractivity contribution in [2.45, 2.75) is 51.9 Å². The van der Waals surface area contributed by atoms with Gasteiger partial charge in [-0.05, 0) is 64.1 Å². The average molecular weight is 368 g/mol. The second kappa shape index (κ2) is 9.31. The molecule has 1 aliphatic heterocycles. The van der Waals surface area contributed by atoms with Crippen LogP contribution in [0.4, 0.5) is 5.00 Å². The van der Waals surface area contributed by atoms with Gasteiger partial charge < -0.3 is 15.5 Å². The van der Waals surface area contributed by atoms with Gasteiger partial charge in [-0.15, -0.1) is 11.3 Å². The van der Waals surface area contributed by atoms with Crippen LogP contribution >= 0.6 is 11.3 Å². The molecule has 0 saturated carbocycles. The minimum atomic E-state index is -0.301. The Morgan fingerprint density at radius 3 is 2.56 bits per heavy atom. The number of piperidine rings is 1. The van der Waals surface area contributed by atoms with Crippen LogP contribution in [0.25, 0.3) is 0 Å². The summed E-state index contributed by atoms with van der Waals surface area (Å²) < 4.78 is 5.23. The Hall–Kier alpha value is -1.44. The maximum atomic E-state index is 12.4. The number of hydrogen-bond donors (Lipinski definition) is 1. The quantitative estimate of drug-likeness (QED) is 0.808. The number of hydrogen-bond acceptors (Lipinski definition) is 5. The van der Waals surface area contributed by atoms with E-state index in [9.17, 15) is 9.59 Å². The summed E-state index contributed by atoms with van der Waals surface area (Å²) in [7, 11) is 0. The average Bonchev–Trinajstić information content (AvgIpc) is 2.93. The Labute approximate surface area is 152 Å². The number of carbonyl (C=O) groups is 2. The second-order valence-corrected chi connectivity index (χ2v) is 7.63. The molecule has 1 aromatic rings. The van der Waals surface area contributed by atoms with Crippen molar-refractivity contribution in [3.05, 3.63) is 16.0 Å². The van der Waals surface area contributed by atoms with Crippen molar-refractivity contribution in [2.24, 2.45) is 0 Å². The summed E-state index contributed by atoms with van der Waals surface area (Å²) in [5, 5.41) is 3.67. The monoisotopic (exact) mass is 368 g/mol. The van der Waals surface area contributed by atoms with E-state index in [2.05, 4.69) is 10.2 Å². The summed E-state index contributed by atoms with van der Waals surface area (Å²) in [6.45, 7) is 4.54. The maximum absolute atomic E-state index is 12.4. The summed E-state index contributed by atoms with van der Waals surface area (Å²) in [6, 6.07) is 0. The highest BCUT2D eigenvalue weighted by Crippen LogP contribution is 2.38. The van der Waals surface area contributed by atoms with Crippen molar-refractivity contribution in [2.75, 3.05) is 31.6 Å². The van der Waals surface area contributed by atoms with Gasteiger partial charge in [0.2, 0.25) is 5.91 Å². The van der Waals surface area contributed by atoms with Crippen molar-refractivity contribution in [1.29, 1.82) is 0 Å². The number of amides is 1. The summed E-state index contributed by atoms with van der Waals surface area (Å²) in [5.74, 6) is -0.328. The van der Waals surface area contributed by atoms with E-state index < -0.39 is 0 Å². The molecule has 1 aliphatic carbocycles. The Bertz CT molecular complexity index is 608. The van der Waals surface area contributed by atoms with E-state index in [1.165, 1.54) is 11.3 Å². The summed E-state index contributed by atoms with van der Waals surface area (Å²) in [4.78, 5) is 28.2. The molecule has 3 N–H and O–H groups in total. The lowest BCUT2D eigenvalue weighted by molar-refractivity contribution is -0.117. The number of anilines is 1. The molecule has 1 aromatic heterocycles. The lowest BCUT2D eigenvalue weighted by Gasteiger charge is -2.25. The molecule has 1 saturated heterocycles. The van der Waals surface area contributed by atoms with Gasteiger partial charge in [-0.25, -0.2) is 4.79 Å². The molecular formula is C18H28N2O4S. The molecule has 0 spiro atoms. The van der Waals surface area contributed by atoms with Crippen LogP contribution in [0.1, 0.15) is 59.8 Å². The van der Waals surface area contributed by atoms with Gasteiger partial charge in [0, 0.05) is 4.88 Å². The molecule has 0 aromatic carbocycles. The van der Waals surface area contributed by atoms with Gasteiger partial charge in [-0.1, -0.05) is 6.42 Å². The number of thiophene rings is 1. The maximum Gasteiger partial charge on any atom is 0.341 e. The number of nitrogens with zero attached hydrogens (tertiary/aromatic N) is 1. The summed E-state index contributed by atoms with van der Waals surface area (Å²) >= 11 is 1.56. The van der Waals surface area contributed by atoms with Crippen molar-refractivity contribution in [3.63, 3.8) is 0 Å². The lowest BCUT2D eigenvalue weighted by atomic mass is 9.95. The zero-order valence-electron chi connectivity index (χ0n) is 14.9. The predicted octanol–water partition coefficient (Wildman–Crippen LogP) is 2.40. The van der Waals surface area contributed by atoms with Crippen LogP contribution in [-0.2, 0) is 22.4 Å². The summed E-state index contributed by atoms with van der Waals surface area (Å²) in [5.41, 5.74) is 1.70. The Morgan fingerprint density at radius 2 is 1.84 bits per heavy atom. The fourth-order valence-electron chi connectivity index (χ4n) is 3.56. The highest BCUT2D eigenvalue weighted by atomic mass is 32.1. The van der Waals surface area contributed by atoms with Gasteiger partial charge in [0.05, 0.1) is 18.7 Å². The Morgan fingerprint density at radius 1 is 1.12 bits per heavy atom. The molecule has 0 unspecified atom stereocenters. The summed E-state index contributed by atoms with van der Waals surface area (Å²) in [6.07, 6.45) is 7.72. The van der Waals surface area contributed by atoms with E-state index in [-0.39, 0.29) is 17.4 Å². The topological polar surface area (TPSA) is 90.1 Å². The molecule has 0 radical (unpaired) electrons. The highest BCUT2D eigenvalue weighted by molar-refractivity contribution is 7.17. The number of rotatable bonds is 5. The Kier molecular flexibility index (Phi) is 7.40. The number of nitrogens with one attached hydrogen (secondary N) is 1. The van der Waals surface area contributed by atoms with E-state index in [4.69, 9.17) is 4.74 Å². The molecular weight excluding hydrogens is 340 g/mol. The van der Waals surface area contributed by atoms with Crippen molar-refractivity contribution < 1.29 is 19.8 Å². The number of esters is 1. The molecule has 140 valence electrons. The van der Waals surface area contributed by atoms with E-state index in [1.807, 2.05) is 6.92 Å². The van der Waals surface area contributed by atoms with Gasteiger partial charge in [0.15, 0.2) is 0 Å². The molecule has 25 heavy (non-hydrogen) atoms. The number of aryl methyl sites for hydroxylation is 1. The van der Waals surface area contributed by atoms with E-state index >= 15 is 0 Å². The van der Waals surface area contributed by atoms with Crippen LogP contribution in [0.3, 0.4) is 0 Å². The van der Waals surface area contributed by atoms with Crippen LogP contribution in [0.2, 0.25) is 0 Å². The number of ether oxygens (including phenoxy) is 1. The number of fused-ring (bicyclic) bond motifs is 1. The minimum absolute atomic E-state index is 0. The first-order valence-electron chi connectivity index (χ1n) is 9.03. The molecule has 1 amide bonds. The first kappa shape index (κ1) is 19.9. The second-order valence-electron chi connectivity index (χ2n) is 6.52. The third kappa shape index (κ3) is 4.80. The zero-order valence-corrected chi connectivity index (χ0v) is 15.7. The largest absolute Gasteiger partial charge is 0.462 e. The first-order chi connectivity index (χ1) is 11.7. The van der Waals surface area contributed by atoms with Crippen LogP contribution in [0, 0.1) is 0 Å². The fourth-order valence-corrected chi connectivity index (χ4v) is 4.85. The van der Waals surface area contributed by atoms with Gasteiger partial charge in [0.25, 0.3) is 0 Å². The molecule has 1 fully saturated rings. The van der Waals surface area contributed by atoms with Gasteiger partial charge in [-0.3, -0.25) is 9.69 Å².